The lowest BCUT2D eigenvalue weighted by Crippen LogP contribution is -2.43. The van der Waals surface area contributed by atoms with Crippen molar-refractivity contribution in [1.29, 1.82) is 0 Å². The fourth-order valence-corrected chi connectivity index (χ4v) is 3.38. The van der Waals surface area contributed by atoms with Gasteiger partial charge < -0.3 is 10.2 Å². The molecule has 1 unspecified atom stereocenters. The summed E-state index contributed by atoms with van der Waals surface area (Å²) in [6.07, 6.45) is 2.28. The molecule has 0 spiro atoms. The quantitative estimate of drug-likeness (QED) is 0.783. The van der Waals surface area contributed by atoms with E-state index in [0.717, 1.165) is 58.8 Å². The van der Waals surface area contributed by atoms with Gasteiger partial charge in [-0.05, 0) is 32.5 Å². The van der Waals surface area contributed by atoms with Crippen molar-refractivity contribution in [2.45, 2.75) is 32.7 Å². The fourth-order valence-electron chi connectivity index (χ4n) is 3.38. The maximum Gasteiger partial charge on any atom is 0.236 e. The van der Waals surface area contributed by atoms with Crippen LogP contribution in [0.5, 0.6) is 0 Å². The van der Waals surface area contributed by atoms with Crippen LogP contribution in [0.25, 0.3) is 0 Å². The molecule has 5 heteroatoms. The van der Waals surface area contributed by atoms with Crippen molar-refractivity contribution in [2.24, 2.45) is 0 Å². The number of hydrogen-bond donors (Lipinski definition) is 1. The molecule has 5 nitrogen and oxygen atoms in total. The molecule has 0 aromatic rings. The van der Waals surface area contributed by atoms with E-state index in [1.165, 1.54) is 6.42 Å². The summed E-state index contributed by atoms with van der Waals surface area (Å²) in [7, 11) is 0. The van der Waals surface area contributed by atoms with Gasteiger partial charge in [0.05, 0.1) is 6.54 Å². The van der Waals surface area contributed by atoms with Crippen molar-refractivity contribution in [3.05, 3.63) is 0 Å². The van der Waals surface area contributed by atoms with Gasteiger partial charge in [0, 0.05) is 38.8 Å². The zero-order chi connectivity index (χ0) is 14.4. The predicted octanol–water partition coefficient (Wildman–Crippen LogP) is 0.224. The summed E-state index contributed by atoms with van der Waals surface area (Å²) in [4.78, 5) is 19.2. The fraction of sp³-hybridized carbons (Fsp3) is 0.933. The smallest absolute Gasteiger partial charge is 0.236 e. The zero-order valence-corrected chi connectivity index (χ0v) is 13.1. The number of carbonyl (C=O) groups is 1. The summed E-state index contributed by atoms with van der Waals surface area (Å²) in [6.45, 7) is 13.2. The summed E-state index contributed by atoms with van der Waals surface area (Å²) in [6, 6.07) is 0.642. The first-order valence-corrected chi connectivity index (χ1v) is 8.19. The van der Waals surface area contributed by atoms with Crippen LogP contribution < -0.4 is 5.32 Å². The number of likely N-dealkylation sites (tertiary alicyclic amines) is 1. The van der Waals surface area contributed by atoms with E-state index in [0.29, 0.717) is 18.5 Å². The second kappa shape index (κ2) is 7.96. The lowest BCUT2D eigenvalue weighted by atomic mass is 10.2. The molecule has 0 aromatic heterocycles. The number of rotatable bonds is 5. The van der Waals surface area contributed by atoms with Crippen LogP contribution in [-0.2, 0) is 4.79 Å². The molecule has 2 fully saturated rings. The first-order chi connectivity index (χ1) is 9.74. The van der Waals surface area contributed by atoms with E-state index in [2.05, 4.69) is 29.0 Å². The third-order valence-corrected chi connectivity index (χ3v) is 4.63. The van der Waals surface area contributed by atoms with E-state index >= 15 is 0 Å². The van der Waals surface area contributed by atoms with Gasteiger partial charge in [-0.1, -0.05) is 13.8 Å². The van der Waals surface area contributed by atoms with Gasteiger partial charge >= 0.3 is 0 Å². The summed E-state index contributed by atoms with van der Waals surface area (Å²) in [5.41, 5.74) is 0. The molecule has 2 saturated heterocycles. The Kier molecular flexibility index (Phi) is 6.26. The van der Waals surface area contributed by atoms with Crippen molar-refractivity contribution in [3.63, 3.8) is 0 Å². The topological polar surface area (TPSA) is 38.8 Å². The van der Waals surface area contributed by atoms with Gasteiger partial charge in [0.1, 0.15) is 0 Å². The molecule has 116 valence electrons. The highest BCUT2D eigenvalue weighted by molar-refractivity contribution is 5.78. The molecule has 2 rings (SSSR count). The van der Waals surface area contributed by atoms with Gasteiger partial charge in [-0.2, -0.15) is 0 Å². The number of nitrogens with zero attached hydrogens (tertiary/aromatic N) is 3. The Balaban J connectivity index is 1.77. The van der Waals surface area contributed by atoms with Crippen molar-refractivity contribution >= 4 is 5.91 Å². The highest BCUT2D eigenvalue weighted by Gasteiger charge is 2.28. The van der Waals surface area contributed by atoms with E-state index in [-0.39, 0.29) is 0 Å². The van der Waals surface area contributed by atoms with Crippen LogP contribution in [0.15, 0.2) is 0 Å². The Labute approximate surface area is 123 Å². The summed E-state index contributed by atoms with van der Waals surface area (Å²) < 4.78 is 0. The van der Waals surface area contributed by atoms with Crippen molar-refractivity contribution < 1.29 is 4.79 Å². The SMILES string of the molecule is CCN(CC)C1CCN(CC(=O)N2CCCNCC2)C1. The highest BCUT2D eigenvalue weighted by Crippen LogP contribution is 2.15. The van der Waals surface area contributed by atoms with Gasteiger partial charge in [-0.25, -0.2) is 0 Å². The van der Waals surface area contributed by atoms with E-state index < -0.39 is 0 Å². The van der Waals surface area contributed by atoms with Gasteiger partial charge in [-0.3, -0.25) is 14.6 Å². The number of nitrogens with one attached hydrogen (secondary N) is 1. The minimum atomic E-state index is 0.314. The Hall–Kier alpha value is -0.650. The number of hydrogen-bond acceptors (Lipinski definition) is 4. The molecule has 0 aliphatic carbocycles. The van der Waals surface area contributed by atoms with Crippen LogP contribution in [0.2, 0.25) is 0 Å². The molecule has 0 aromatic carbocycles. The molecule has 0 saturated carbocycles. The number of carbonyl (C=O) groups excluding carboxylic acids is 1. The van der Waals surface area contributed by atoms with Gasteiger partial charge in [0.15, 0.2) is 0 Å². The first-order valence-electron chi connectivity index (χ1n) is 8.19. The van der Waals surface area contributed by atoms with Gasteiger partial charge in [0.25, 0.3) is 0 Å². The zero-order valence-electron chi connectivity index (χ0n) is 13.1. The van der Waals surface area contributed by atoms with Crippen LogP contribution >= 0.6 is 0 Å². The Morgan fingerprint density at radius 3 is 2.75 bits per heavy atom. The average Bonchev–Trinajstić information content (AvgIpc) is 2.75. The van der Waals surface area contributed by atoms with Gasteiger partial charge in [-0.15, -0.1) is 0 Å². The summed E-state index contributed by atoms with van der Waals surface area (Å²) in [5, 5.41) is 3.35. The molecule has 2 heterocycles. The molecule has 1 N–H and O–H groups in total. The Morgan fingerprint density at radius 1 is 1.20 bits per heavy atom. The molecule has 2 aliphatic heterocycles. The molecule has 0 radical (unpaired) electrons. The normalized spacial score (nSPS) is 25.1. The monoisotopic (exact) mass is 282 g/mol. The van der Waals surface area contributed by atoms with E-state index in [4.69, 9.17) is 0 Å². The molecular formula is C15H30N4O. The predicted molar refractivity (Wildman–Crippen MR) is 81.8 cm³/mol. The average molecular weight is 282 g/mol. The number of amides is 1. The first kappa shape index (κ1) is 15.7. The lowest BCUT2D eigenvalue weighted by Gasteiger charge is -2.27. The molecular weight excluding hydrogens is 252 g/mol. The van der Waals surface area contributed by atoms with Crippen LogP contribution in [0.3, 0.4) is 0 Å². The van der Waals surface area contributed by atoms with Crippen LogP contribution in [0.4, 0.5) is 0 Å². The number of likely N-dealkylation sites (N-methyl/N-ethyl adjacent to an activating group) is 1. The standard InChI is InChI=1S/C15H30N4O/c1-3-18(4-2)14-6-10-17(12-14)13-15(20)19-9-5-7-16-8-11-19/h14,16H,3-13H2,1-2H3. The third-order valence-electron chi connectivity index (χ3n) is 4.63. The summed E-state index contributed by atoms with van der Waals surface area (Å²) in [5.74, 6) is 0.314. The van der Waals surface area contributed by atoms with Crippen LogP contribution in [-0.4, -0.2) is 85.6 Å². The second-order valence-corrected chi connectivity index (χ2v) is 5.88. The van der Waals surface area contributed by atoms with E-state index in [1.54, 1.807) is 0 Å². The minimum absolute atomic E-state index is 0.314. The van der Waals surface area contributed by atoms with Crippen LogP contribution in [0, 0.1) is 0 Å². The maximum atomic E-state index is 12.4. The second-order valence-electron chi connectivity index (χ2n) is 5.88. The minimum Gasteiger partial charge on any atom is -0.340 e. The summed E-state index contributed by atoms with van der Waals surface area (Å²) >= 11 is 0. The van der Waals surface area contributed by atoms with E-state index in [9.17, 15) is 4.79 Å². The van der Waals surface area contributed by atoms with Crippen molar-refractivity contribution in [1.82, 2.24) is 20.0 Å². The van der Waals surface area contributed by atoms with Gasteiger partial charge in [0.2, 0.25) is 5.91 Å². The molecule has 1 amide bonds. The Morgan fingerprint density at radius 2 is 2.00 bits per heavy atom. The molecule has 2 aliphatic rings. The maximum absolute atomic E-state index is 12.4. The van der Waals surface area contributed by atoms with Crippen LogP contribution in [0.1, 0.15) is 26.7 Å². The van der Waals surface area contributed by atoms with Crippen molar-refractivity contribution in [3.8, 4) is 0 Å². The largest absolute Gasteiger partial charge is 0.340 e. The molecule has 0 bridgehead atoms. The third kappa shape index (κ3) is 4.17. The molecule has 1 atom stereocenters. The Bertz CT molecular complexity index is 298. The lowest BCUT2D eigenvalue weighted by molar-refractivity contribution is -0.132. The molecule has 20 heavy (non-hydrogen) atoms. The van der Waals surface area contributed by atoms with E-state index in [1.807, 2.05) is 4.90 Å². The van der Waals surface area contributed by atoms with Crippen molar-refractivity contribution in [2.75, 3.05) is 58.9 Å². The highest BCUT2D eigenvalue weighted by atomic mass is 16.2.